The monoisotopic (exact) mass is 314 g/mol. The number of benzene rings is 2. The highest BCUT2D eigenvalue weighted by atomic mass is 16.5. The first-order valence-corrected chi connectivity index (χ1v) is 7.35. The summed E-state index contributed by atoms with van der Waals surface area (Å²) < 4.78 is 11.1. The molecule has 0 aliphatic carbocycles. The van der Waals surface area contributed by atoms with Crippen molar-refractivity contribution in [3.63, 3.8) is 0 Å². The minimum Gasteiger partial charge on any atom is -0.494 e. The number of ether oxygens (including phenoxy) is 2. The first-order valence-electron chi connectivity index (χ1n) is 7.35. The van der Waals surface area contributed by atoms with Gasteiger partial charge < -0.3 is 14.6 Å². The highest BCUT2D eigenvalue weighted by Gasteiger charge is 2.13. The summed E-state index contributed by atoms with van der Waals surface area (Å²) >= 11 is 0. The van der Waals surface area contributed by atoms with Gasteiger partial charge in [0.05, 0.1) is 13.2 Å². The molecular formula is C18H18O5. The number of hydrogen-bond donors (Lipinski definition) is 1. The Hall–Kier alpha value is -2.82. The van der Waals surface area contributed by atoms with Gasteiger partial charge in [-0.15, -0.1) is 0 Å². The van der Waals surface area contributed by atoms with Crippen LogP contribution in [0.3, 0.4) is 0 Å². The third kappa shape index (κ3) is 5.47. The molecule has 0 spiro atoms. The minimum absolute atomic E-state index is 0.140. The lowest BCUT2D eigenvalue weighted by Crippen LogP contribution is -2.12. The molecule has 0 fully saturated rings. The molecule has 0 saturated heterocycles. The van der Waals surface area contributed by atoms with E-state index in [2.05, 4.69) is 0 Å². The minimum atomic E-state index is -1.46. The zero-order valence-electron chi connectivity index (χ0n) is 12.6. The van der Waals surface area contributed by atoms with Gasteiger partial charge in [-0.25, -0.2) is 4.79 Å². The first kappa shape index (κ1) is 16.5. The number of carbonyl (C=O) groups excluding carboxylic acids is 1. The Morgan fingerprint density at radius 3 is 1.83 bits per heavy atom. The van der Waals surface area contributed by atoms with E-state index in [-0.39, 0.29) is 5.56 Å². The Morgan fingerprint density at radius 1 is 0.783 bits per heavy atom. The maximum Gasteiger partial charge on any atom is 0.377 e. The Labute approximate surface area is 134 Å². The molecule has 2 aromatic rings. The fourth-order valence-corrected chi connectivity index (χ4v) is 1.93. The molecule has 0 aliphatic rings. The smallest absolute Gasteiger partial charge is 0.377 e. The van der Waals surface area contributed by atoms with Crippen LogP contribution in [0.4, 0.5) is 0 Å². The molecular weight excluding hydrogens is 296 g/mol. The summed E-state index contributed by atoms with van der Waals surface area (Å²) in [7, 11) is 0. The Morgan fingerprint density at radius 2 is 1.30 bits per heavy atom. The maximum absolute atomic E-state index is 11.3. The van der Waals surface area contributed by atoms with Gasteiger partial charge >= 0.3 is 5.97 Å². The SMILES string of the molecule is O=C(O)C(=O)c1ccc(OCCCCOc2ccccc2)cc1. The second-order valence-corrected chi connectivity index (χ2v) is 4.88. The molecule has 0 aromatic heterocycles. The van der Waals surface area contributed by atoms with E-state index in [9.17, 15) is 9.59 Å². The van der Waals surface area contributed by atoms with Crippen molar-refractivity contribution in [2.75, 3.05) is 13.2 Å². The van der Waals surface area contributed by atoms with Crippen LogP contribution in [0.15, 0.2) is 54.6 Å². The molecule has 0 saturated carbocycles. The zero-order valence-corrected chi connectivity index (χ0v) is 12.6. The molecule has 2 aromatic carbocycles. The zero-order chi connectivity index (χ0) is 16.5. The molecule has 0 aliphatic heterocycles. The predicted octanol–water partition coefficient (Wildman–Crippen LogP) is 3.19. The molecule has 23 heavy (non-hydrogen) atoms. The van der Waals surface area contributed by atoms with Crippen LogP contribution in [0.25, 0.3) is 0 Å². The lowest BCUT2D eigenvalue weighted by atomic mass is 10.1. The molecule has 0 atom stereocenters. The lowest BCUT2D eigenvalue weighted by Gasteiger charge is -2.08. The van der Waals surface area contributed by atoms with E-state index in [1.165, 1.54) is 12.1 Å². The van der Waals surface area contributed by atoms with Gasteiger partial charge in [0.25, 0.3) is 5.78 Å². The van der Waals surface area contributed by atoms with Crippen molar-refractivity contribution < 1.29 is 24.2 Å². The molecule has 1 N–H and O–H groups in total. The fourth-order valence-electron chi connectivity index (χ4n) is 1.93. The van der Waals surface area contributed by atoms with Crippen LogP contribution in [0, 0.1) is 0 Å². The van der Waals surface area contributed by atoms with Crippen molar-refractivity contribution in [2.45, 2.75) is 12.8 Å². The largest absolute Gasteiger partial charge is 0.494 e. The number of rotatable bonds is 9. The van der Waals surface area contributed by atoms with E-state index >= 15 is 0 Å². The fraction of sp³-hybridized carbons (Fsp3) is 0.222. The normalized spacial score (nSPS) is 10.1. The summed E-state index contributed by atoms with van der Waals surface area (Å²) in [6, 6.07) is 15.7. The van der Waals surface area contributed by atoms with E-state index < -0.39 is 11.8 Å². The van der Waals surface area contributed by atoms with Crippen molar-refractivity contribution >= 4 is 11.8 Å². The topological polar surface area (TPSA) is 72.8 Å². The number of carboxylic acid groups (broad SMARTS) is 1. The number of carboxylic acids is 1. The number of Topliss-reactive ketones (excluding diaryl/α,β-unsaturated/α-hetero) is 1. The molecule has 5 heteroatoms. The molecule has 0 radical (unpaired) electrons. The first-order chi connectivity index (χ1) is 11.2. The average Bonchev–Trinajstić information content (AvgIpc) is 2.58. The molecule has 120 valence electrons. The summed E-state index contributed by atoms with van der Waals surface area (Å²) in [5, 5.41) is 8.62. The van der Waals surface area contributed by atoms with Crippen LogP contribution in [0.1, 0.15) is 23.2 Å². The molecule has 2 rings (SSSR count). The summed E-state index contributed by atoms with van der Waals surface area (Å²) in [6.45, 7) is 1.16. The Kier molecular flexibility index (Phi) is 6.17. The van der Waals surface area contributed by atoms with Gasteiger partial charge in [-0.2, -0.15) is 0 Å². The van der Waals surface area contributed by atoms with Crippen LogP contribution in [-0.4, -0.2) is 30.1 Å². The van der Waals surface area contributed by atoms with Crippen LogP contribution in [-0.2, 0) is 4.79 Å². The summed E-state index contributed by atoms with van der Waals surface area (Å²) in [5.74, 6) is -0.922. The van der Waals surface area contributed by atoms with Crippen molar-refractivity contribution in [3.05, 3.63) is 60.2 Å². The standard InChI is InChI=1S/C18H18O5/c19-17(18(20)21)14-8-10-16(11-9-14)23-13-5-4-12-22-15-6-2-1-3-7-15/h1-3,6-11H,4-5,12-13H2,(H,20,21). The number of hydrogen-bond acceptors (Lipinski definition) is 4. The van der Waals surface area contributed by atoms with Crippen LogP contribution in [0.5, 0.6) is 11.5 Å². The van der Waals surface area contributed by atoms with Crippen molar-refractivity contribution in [1.29, 1.82) is 0 Å². The van der Waals surface area contributed by atoms with E-state index in [0.717, 1.165) is 18.6 Å². The van der Waals surface area contributed by atoms with Crippen molar-refractivity contribution in [3.8, 4) is 11.5 Å². The third-order valence-electron chi connectivity index (χ3n) is 3.13. The van der Waals surface area contributed by atoms with Gasteiger partial charge in [0.2, 0.25) is 0 Å². The third-order valence-corrected chi connectivity index (χ3v) is 3.13. The average molecular weight is 314 g/mol. The highest BCUT2D eigenvalue weighted by molar-refractivity contribution is 6.39. The molecule has 0 amide bonds. The second-order valence-electron chi connectivity index (χ2n) is 4.88. The summed E-state index contributed by atoms with van der Waals surface area (Å²) in [6.07, 6.45) is 1.70. The molecule has 0 bridgehead atoms. The molecule has 0 heterocycles. The number of aliphatic carboxylic acids is 1. The Balaban J connectivity index is 1.64. The quantitative estimate of drug-likeness (QED) is 0.437. The summed E-state index contributed by atoms with van der Waals surface area (Å²) in [5.41, 5.74) is 0.140. The van der Waals surface area contributed by atoms with Crippen LogP contribution in [0.2, 0.25) is 0 Å². The Bertz CT molecular complexity index is 634. The number of para-hydroxylation sites is 1. The van der Waals surface area contributed by atoms with Gasteiger partial charge in [-0.1, -0.05) is 18.2 Å². The molecule has 0 unspecified atom stereocenters. The van der Waals surface area contributed by atoms with Gasteiger partial charge in [0.15, 0.2) is 0 Å². The van der Waals surface area contributed by atoms with E-state index in [1.807, 2.05) is 30.3 Å². The van der Waals surface area contributed by atoms with Gasteiger partial charge in [0.1, 0.15) is 11.5 Å². The van der Waals surface area contributed by atoms with E-state index in [4.69, 9.17) is 14.6 Å². The van der Waals surface area contributed by atoms with Crippen LogP contribution >= 0.6 is 0 Å². The number of carbonyl (C=O) groups is 2. The van der Waals surface area contributed by atoms with Gasteiger partial charge in [0, 0.05) is 5.56 Å². The van der Waals surface area contributed by atoms with E-state index in [1.54, 1.807) is 12.1 Å². The summed E-state index contributed by atoms with van der Waals surface area (Å²) in [4.78, 5) is 21.8. The number of ketones is 1. The van der Waals surface area contributed by atoms with Crippen molar-refractivity contribution in [1.82, 2.24) is 0 Å². The lowest BCUT2D eigenvalue weighted by molar-refractivity contribution is -0.131. The second kappa shape index (κ2) is 8.58. The van der Waals surface area contributed by atoms with Crippen molar-refractivity contribution in [2.24, 2.45) is 0 Å². The van der Waals surface area contributed by atoms with Gasteiger partial charge in [-0.05, 0) is 49.2 Å². The number of unbranched alkanes of at least 4 members (excludes halogenated alkanes) is 1. The molecule has 5 nitrogen and oxygen atoms in total. The highest BCUT2D eigenvalue weighted by Crippen LogP contribution is 2.13. The maximum atomic E-state index is 11.3. The van der Waals surface area contributed by atoms with E-state index in [0.29, 0.717) is 19.0 Å². The predicted molar refractivity (Wildman–Crippen MR) is 85.1 cm³/mol. The van der Waals surface area contributed by atoms with Crippen LogP contribution < -0.4 is 9.47 Å². The van der Waals surface area contributed by atoms with Gasteiger partial charge in [-0.3, -0.25) is 4.79 Å².